The molecule has 0 atom stereocenters. The molecule has 0 N–H and O–H groups in total. The molecule has 0 aliphatic carbocycles. The summed E-state index contributed by atoms with van der Waals surface area (Å²) in [4.78, 5) is 16.2. The highest BCUT2D eigenvalue weighted by Gasteiger charge is 2.19. The summed E-state index contributed by atoms with van der Waals surface area (Å²) in [5, 5.41) is 5.01. The highest BCUT2D eigenvalue weighted by molar-refractivity contribution is 6.32. The van der Waals surface area contributed by atoms with E-state index in [4.69, 9.17) is 11.6 Å². The zero-order valence-corrected chi connectivity index (χ0v) is 12.1. The van der Waals surface area contributed by atoms with Gasteiger partial charge in [-0.3, -0.25) is 9.48 Å². The van der Waals surface area contributed by atoms with Gasteiger partial charge in [0.15, 0.2) is 5.78 Å². The van der Waals surface area contributed by atoms with Crippen LogP contribution in [0.1, 0.15) is 35.7 Å². The number of carbonyl (C=O) groups excluding carboxylic acids is 1. The molecule has 0 aromatic carbocycles. The summed E-state index contributed by atoms with van der Waals surface area (Å²) >= 11 is 6.28. The molecule has 0 spiro atoms. The van der Waals surface area contributed by atoms with Crippen LogP contribution in [0.25, 0.3) is 0 Å². The lowest BCUT2D eigenvalue weighted by Crippen LogP contribution is -2.10. The van der Waals surface area contributed by atoms with Crippen molar-refractivity contribution < 1.29 is 4.79 Å². The van der Waals surface area contributed by atoms with E-state index in [1.165, 1.54) is 0 Å². The van der Waals surface area contributed by atoms with E-state index in [0.717, 1.165) is 17.8 Å². The van der Waals surface area contributed by atoms with Gasteiger partial charge in [-0.25, -0.2) is 4.98 Å². The molecule has 2 heterocycles. The maximum atomic E-state index is 12.2. The van der Waals surface area contributed by atoms with Crippen LogP contribution >= 0.6 is 11.6 Å². The van der Waals surface area contributed by atoms with Gasteiger partial charge < -0.3 is 4.57 Å². The van der Waals surface area contributed by atoms with Crippen molar-refractivity contribution in [3.63, 3.8) is 0 Å². The lowest BCUT2D eigenvalue weighted by molar-refractivity contribution is 0.0986. The summed E-state index contributed by atoms with van der Waals surface area (Å²) in [5.41, 5.74) is 2.07. The SMILES string of the molecule is CCc1nn(CC)c(CC(=O)c2cn(C)cn2)c1Cl. The summed E-state index contributed by atoms with van der Waals surface area (Å²) in [7, 11) is 1.84. The number of imidazole rings is 1. The lowest BCUT2D eigenvalue weighted by atomic mass is 10.1. The number of ketones is 1. The van der Waals surface area contributed by atoms with Gasteiger partial charge in [-0.1, -0.05) is 18.5 Å². The molecule has 0 fully saturated rings. The van der Waals surface area contributed by atoms with Crippen LogP contribution in [-0.2, 0) is 26.4 Å². The average molecular weight is 281 g/mol. The van der Waals surface area contributed by atoms with Crippen LogP contribution in [0.2, 0.25) is 5.02 Å². The quantitative estimate of drug-likeness (QED) is 0.790. The van der Waals surface area contributed by atoms with Gasteiger partial charge in [0.1, 0.15) is 5.69 Å². The second-order valence-corrected chi connectivity index (χ2v) is 4.78. The van der Waals surface area contributed by atoms with E-state index < -0.39 is 0 Å². The summed E-state index contributed by atoms with van der Waals surface area (Å²) in [6.45, 7) is 4.68. The second-order valence-electron chi connectivity index (χ2n) is 4.40. The number of rotatable bonds is 5. The maximum absolute atomic E-state index is 12.2. The molecule has 19 heavy (non-hydrogen) atoms. The summed E-state index contributed by atoms with van der Waals surface area (Å²) in [6, 6.07) is 0. The van der Waals surface area contributed by atoms with Gasteiger partial charge in [0.2, 0.25) is 0 Å². The topological polar surface area (TPSA) is 52.7 Å². The Balaban J connectivity index is 2.28. The molecule has 0 saturated heterocycles. The van der Waals surface area contributed by atoms with Crippen molar-refractivity contribution in [1.82, 2.24) is 19.3 Å². The Kier molecular flexibility index (Phi) is 4.04. The number of hydrogen-bond acceptors (Lipinski definition) is 3. The van der Waals surface area contributed by atoms with Gasteiger partial charge in [0.05, 0.1) is 29.2 Å². The minimum atomic E-state index is -0.0419. The number of hydrogen-bond donors (Lipinski definition) is 0. The van der Waals surface area contributed by atoms with Gasteiger partial charge in [-0.05, 0) is 13.3 Å². The van der Waals surface area contributed by atoms with Crippen LogP contribution < -0.4 is 0 Å². The van der Waals surface area contributed by atoms with E-state index in [1.54, 1.807) is 21.8 Å². The van der Waals surface area contributed by atoms with Gasteiger partial charge >= 0.3 is 0 Å². The van der Waals surface area contributed by atoms with E-state index >= 15 is 0 Å². The normalized spacial score (nSPS) is 10.9. The van der Waals surface area contributed by atoms with Crippen molar-refractivity contribution in [2.24, 2.45) is 7.05 Å². The number of aryl methyl sites for hydroxylation is 3. The van der Waals surface area contributed by atoms with Crippen LogP contribution in [0.4, 0.5) is 0 Å². The fourth-order valence-corrected chi connectivity index (χ4v) is 2.32. The Morgan fingerprint density at radius 2 is 2.16 bits per heavy atom. The van der Waals surface area contributed by atoms with Crippen molar-refractivity contribution >= 4 is 17.4 Å². The Morgan fingerprint density at radius 1 is 1.42 bits per heavy atom. The van der Waals surface area contributed by atoms with Gasteiger partial charge in [0, 0.05) is 19.8 Å². The number of Topliss-reactive ketones (excluding diaryl/α,β-unsaturated/α-hetero) is 1. The minimum Gasteiger partial charge on any atom is -0.340 e. The maximum Gasteiger partial charge on any atom is 0.188 e. The molecular formula is C13H17ClN4O. The molecule has 0 aliphatic heterocycles. The molecule has 0 saturated carbocycles. The molecule has 0 aliphatic rings. The predicted molar refractivity (Wildman–Crippen MR) is 73.5 cm³/mol. The van der Waals surface area contributed by atoms with Crippen LogP contribution in [0.15, 0.2) is 12.5 Å². The third-order valence-electron chi connectivity index (χ3n) is 3.01. The second kappa shape index (κ2) is 5.57. The Labute approximate surface area is 117 Å². The van der Waals surface area contributed by atoms with E-state index in [1.807, 2.05) is 20.9 Å². The molecular weight excluding hydrogens is 264 g/mol. The Bertz CT molecular complexity index is 600. The molecule has 2 rings (SSSR count). The molecule has 0 bridgehead atoms. The van der Waals surface area contributed by atoms with Gasteiger partial charge in [-0.15, -0.1) is 0 Å². The number of nitrogens with zero attached hydrogens (tertiary/aromatic N) is 4. The zero-order valence-electron chi connectivity index (χ0n) is 11.4. The van der Waals surface area contributed by atoms with Crippen molar-refractivity contribution in [2.75, 3.05) is 0 Å². The molecule has 0 unspecified atom stereocenters. The van der Waals surface area contributed by atoms with Crippen LogP contribution in [0.3, 0.4) is 0 Å². The first-order chi connectivity index (χ1) is 9.06. The fraction of sp³-hybridized carbons (Fsp3) is 0.462. The molecule has 102 valence electrons. The van der Waals surface area contributed by atoms with Gasteiger partial charge in [0.25, 0.3) is 0 Å². The molecule has 2 aromatic heterocycles. The average Bonchev–Trinajstić information content (AvgIpc) is 2.95. The van der Waals surface area contributed by atoms with Crippen molar-refractivity contribution in [1.29, 1.82) is 0 Å². The molecule has 5 nitrogen and oxygen atoms in total. The predicted octanol–water partition coefficient (Wildman–Crippen LogP) is 2.28. The van der Waals surface area contributed by atoms with Crippen LogP contribution in [0.5, 0.6) is 0 Å². The van der Waals surface area contributed by atoms with Crippen LogP contribution in [0, 0.1) is 0 Å². The third kappa shape index (κ3) is 2.71. The highest BCUT2D eigenvalue weighted by Crippen LogP contribution is 2.23. The lowest BCUT2D eigenvalue weighted by Gasteiger charge is -2.03. The zero-order chi connectivity index (χ0) is 14.0. The summed E-state index contributed by atoms with van der Waals surface area (Å²) in [6.07, 6.45) is 4.32. The van der Waals surface area contributed by atoms with Crippen LogP contribution in [-0.4, -0.2) is 25.1 Å². The third-order valence-corrected chi connectivity index (χ3v) is 3.45. The number of aromatic nitrogens is 4. The van der Waals surface area contributed by atoms with Gasteiger partial charge in [-0.2, -0.15) is 5.10 Å². The molecule has 6 heteroatoms. The first kappa shape index (κ1) is 13.8. The van der Waals surface area contributed by atoms with E-state index in [-0.39, 0.29) is 12.2 Å². The van der Waals surface area contributed by atoms with Crippen molar-refractivity contribution in [3.8, 4) is 0 Å². The first-order valence-corrected chi connectivity index (χ1v) is 6.69. The van der Waals surface area contributed by atoms with E-state index in [2.05, 4.69) is 10.1 Å². The van der Waals surface area contributed by atoms with E-state index in [9.17, 15) is 4.79 Å². The molecule has 2 aromatic rings. The molecule has 0 amide bonds. The monoisotopic (exact) mass is 280 g/mol. The number of carbonyl (C=O) groups is 1. The minimum absolute atomic E-state index is 0.0419. The Hall–Kier alpha value is -1.62. The Morgan fingerprint density at radius 3 is 2.68 bits per heavy atom. The largest absolute Gasteiger partial charge is 0.340 e. The summed E-state index contributed by atoms with van der Waals surface area (Å²) in [5.74, 6) is -0.0419. The fourth-order valence-electron chi connectivity index (χ4n) is 1.99. The molecule has 0 radical (unpaired) electrons. The standard InChI is InChI=1S/C13H17ClN4O/c1-4-9-13(14)11(18(5-2)16-9)6-12(19)10-7-17(3)8-15-10/h7-8H,4-6H2,1-3H3. The van der Waals surface area contributed by atoms with E-state index in [0.29, 0.717) is 17.3 Å². The van der Waals surface area contributed by atoms with Crippen molar-refractivity contribution in [2.45, 2.75) is 33.2 Å². The number of halogens is 1. The summed E-state index contributed by atoms with van der Waals surface area (Å²) < 4.78 is 3.55. The van der Waals surface area contributed by atoms with Crippen molar-refractivity contribution in [3.05, 3.63) is 34.6 Å². The smallest absolute Gasteiger partial charge is 0.188 e. The first-order valence-electron chi connectivity index (χ1n) is 6.32. The highest BCUT2D eigenvalue weighted by atomic mass is 35.5.